The second-order valence-corrected chi connectivity index (χ2v) is 18.0. The molecule has 0 radical (unpaired) electrons. The number of hydrogen-bond donors (Lipinski definition) is 0. The average molecular weight is 655 g/mol. The molecule has 3 fully saturated rings. The molecule has 0 aromatic carbocycles. The van der Waals surface area contributed by atoms with E-state index in [9.17, 15) is 4.79 Å². The first-order valence-electron chi connectivity index (χ1n) is 21.2. The number of carbonyl (C=O) groups excluding carboxylic acids is 1. The SMILES string of the molecule is CCCCCCCCCCCCCCCCOC(=O)O[C@@H]1CC[C@]2(C)C(=CC[C@H]3[C@@H]4CCC([C@H](C)CCCC(C)C)[C@]4(C)CC[C@@H]32)C1. The molecule has 3 saturated carbocycles. The van der Waals surface area contributed by atoms with Crippen LogP contribution in [0.2, 0.25) is 0 Å². The Labute approximate surface area is 292 Å². The molecule has 3 nitrogen and oxygen atoms in total. The highest BCUT2D eigenvalue weighted by Gasteiger charge is 2.59. The lowest BCUT2D eigenvalue weighted by atomic mass is 9.47. The zero-order chi connectivity index (χ0) is 33.7. The largest absolute Gasteiger partial charge is 0.508 e. The molecule has 1 unspecified atom stereocenters. The number of unbranched alkanes of at least 4 members (excludes halogenated alkanes) is 13. The zero-order valence-corrected chi connectivity index (χ0v) is 32.2. The molecule has 0 aliphatic heterocycles. The highest BCUT2D eigenvalue weighted by Crippen LogP contribution is 2.67. The molecule has 0 saturated heterocycles. The first kappa shape index (κ1) is 38.8. The Hall–Kier alpha value is -0.990. The monoisotopic (exact) mass is 655 g/mol. The molecule has 0 bridgehead atoms. The van der Waals surface area contributed by atoms with Gasteiger partial charge in [0.05, 0.1) is 6.61 Å². The van der Waals surface area contributed by atoms with Gasteiger partial charge in [-0.15, -0.1) is 0 Å². The van der Waals surface area contributed by atoms with Gasteiger partial charge in [0, 0.05) is 6.42 Å². The van der Waals surface area contributed by atoms with Gasteiger partial charge in [-0.25, -0.2) is 4.79 Å². The molecule has 0 heterocycles. The van der Waals surface area contributed by atoms with Crippen LogP contribution in [0, 0.1) is 46.3 Å². The van der Waals surface area contributed by atoms with Gasteiger partial charge in [-0.1, -0.05) is 156 Å². The predicted molar refractivity (Wildman–Crippen MR) is 200 cm³/mol. The Morgan fingerprint density at radius 3 is 2.04 bits per heavy atom. The highest BCUT2D eigenvalue weighted by molar-refractivity contribution is 5.60. The summed E-state index contributed by atoms with van der Waals surface area (Å²) in [7, 11) is 0. The average Bonchev–Trinajstić information content (AvgIpc) is 3.40. The second-order valence-electron chi connectivity index (χ2n) is 18.0. The normalized spacial score (nSPS) is 32.3. The van der Waals surface area contributed by atoms with Gasteiger partial charge in [0.25, 0.3) is 0 Å². The molecule has 0 N–H and O–H groups in total. The summed E-state index contributed by atoms with van der Waals surface area (Å²) >= 11 is 0. The summed E-state index contributed by atoms with van der Waals surface area (Å²) < 4.78 is 11.5. The highest BCUT2D eigenvalue weighted by atomic mass is 16.7. The van der Waals surface area contributed by atoms with Crippen molar-refractivity contribution in [1.82, 2.24) is 0 Å². The molecule has 0 amide bonds. The summed E-state index contributed by atoms with van der Waals surface area (Å²) in [5.41, 5.74) is 2.43. The number of carbonyl (C=O) groups is 1. The van der Waals surface area contributed by atoms with Crippen LogP contribution in [-0.4, -0.2) is 18.9 Å². The maximum absolute atomic E-state index is 12.6. The van der Waals surface area contributed by atoms with E-state index in [1.807, 2.05) is 0 Å². The number of rotatable bonds is 21. The van der Waals surface area contributed by atoms with Crippen LogP contribution >= 0.6 is 0 Å². The van der Waals surface area contributed by atoms with Crippen LogP contribution in [0.25, 0.3) is 0 Å². The van der Waals surface area contributed by atoms with Crippen molar-refractivity contribution in [3.8, 4) is 0 Å². The number of allylic oxidation sites excluding steroid dienone is 1. The summed E-state index contributed by atoms with van der Waals surface area (Å²) in [4.78, 5) is 12.6. The predicted octanol–water partition coefficient (Wildman–Crippen LogP) is 14.0. The molecule has 8 atom stereocenters. The fourth-order valence-electron chi connectivity index (χ4n) is 11.4. The van der Waals surface area contributed by atoms with E-state index in [2.05, 4.69) is 47.6 Å². The van der Waals surface area contributed by atoms with Crippen LogP contribution in [0.4, 0.5) is 4.79 Å². The van der Waals surface area contributed by atoms with Crippen molar-refractivity contribution < 1.29 is 14.3 Å². The lowest BCUT2D eigenvalue weighted by molar-refractivity contribution is -0.0617. The summed E-state index contributed by atoms with van der Waals surface area (Å²) in [6.45, 7) is 15.4. The quantitative estimate of drug-likeness (QED) is 0.0702. The fourth-order valence-corrected chi connectivity index (χ4v) is 11.4. The number of ether oxygens (including phenoxy) is 2. The molecule has 4 rings (SSSR count). The van der Waals surface area contributed by atoms with Gasteiger partial charge in [0.2, 0.25) is 0 Å². The summed E-state index contributed by atoms with van der Waals surface area (Å²) in [6, 6.07) is 0. The van der Waals surface area contributed by atoms with Crippen molar-refractivity contribution >= 4 is 6.16 Å². The van der Waals surface area contributed by atoms with Crippen molar-refractivity contribution in [2.24, 2.45) is 46.3 Å². The molecule has 272 valence electrons. The molecule has 4 aliphatic rings. The van der Waals surface area contributed by atoms with Crippen LogP contribution in [0.15, 0.2) is 11.6 Å². The van der Waals surface area contributed by atoms with E-state index in [-0.39, 0.29) is 6.10 Å². The molecular formula is C44H78O3. The first-order valence-corrected chi connectivity index (χ1v) is 21.2. The molecule has 3 heteroatoms. The third kappa shape index (κ3) is 10.7. The molecule has 4 aliphatic carbocycles. The van der Waals surface area contributed by atoms with Crippen molar-refractivity contribution in [3.63, 3.8) is 0 Å². The Kier molecular flexibility index (Phi) is 16.0. The first-order chi connectivity index (χ1) is 22.7. The third-order valence-electron chi connectivity index (χ3n) is 14.2. The Bertz CT molecular complexity index is 938. The van der Waals surface area contributed by atoms with Gasteiger partial charge < -0.3 is 9.47 Å². The smallest absolute Gasteiger partial charge is 0.434 e. The van der Waals surface area contributed by atoms with E-state index in [1.54, 1.807) is 5.57 Å². The van der Waals surface area contributed by atoms with Crippen LogP contribution in [0.1, 0.15) is 202 Å². The molecule has 0 spiro atoms. The maximum Gasteiger partial charge on any atom is 0.508 e. The lowest BCUT2D eigenvalue weighted by Gasteiger charge is -2.58. The van der Waals surface area contributed by atoms with Gasteiger partial charge in [-0.3, -0.25) is 0 Å². The van der Waals surface area contributed by atoms with Gasteiger partial charge in [0.15, 0.2) is 0 Å². The fraction of sp³-hybridized carbons (Fsp3) is 0.932. The minimum atomic E-state index is -0.435. The summed E-state index contributed by atoms with van der Waals surface area (Å²) in [5.74, 6) is 5.17. The van der Waals surface area contributed by atoms with Crippen molar-refractivity contribution in [1.29, 1.82) is 0 Å². The zero-order valence-electron chi connectivity index (χ0n) is 32.2. The Balaban J connectivity index is 1.10. The molecule has 47 heavy (non-hydrogen) atoms. The molecule has 0 aromatic heterocycles. The van der Waals surface area contributed by atoms with Crippen LogP contribution in [0.3, 0.4) is 0 Å². The lowest BCUT2D eigenvalue weighted by Crippen LogP contribution is -2.51. The van der Waals surface area contributed by atoms with Crippen molar-refractivity contribution in [2.45, 2.75) is 208 Å². The van der Waals surface area contributed by atoms with Gasteiger partial charge >= 0.3 is 6.16 Å². The van der Waals surface area contributed by atoms with Crippen molar-refractivity contribution in [2.75, 3.05) is 6.61 Å². The van der Waals surface area contributed by atoms with E-state index in [4.69, 9.17) is 9.47 Å². The third-order valence-corrected chi connectivity index (χ3v) is 14.2. The van der Waals surface area contributed by atoms with E-state index in [0.29, 0.717) is 17.4 Å². The minimum absolute atomic E-state index is 0.00822. The van der Waals surface area contributed by atoms with Crippen LogP contribution in [-0.2, 0) is 9.47 Å². The van der Waals surface area contributed by atoms with E-state index < -0.39 is 6.16 Å². The van der Waals surface area contributed by atoms with E-state index in [1.165, 1.54) is 128 Å². The van der Waals surface area contributed by atoms with Crippen molar-refractivity contribution in [3.05, 3.63) is 11.6 Å². The molecule has 0 aromatic rings. The van der Waals surface area contributed by atoms with Crippen LogP contribution < -0.4 is 0 Å². The van der Waals surface area contributed by atoms with Gasteiger partial charge in [-0.05, 0) is 97.7 Å². The number of hydrogen-bond acceptors (Lipinski definition) is 3. The standard InChI is InChI=1S/C44H78O3/c1-7-8-9-10-11-12-13-14-15-16-17-18-19-20-32-46-42(45)47-37-28-30-43(5)36(33-37)24-25-38-40-27-26-39(35(4)23-21-22-34(2)3)44(40,6)31-29-41(38)43/h24,34-35,37-41H,7-23,25-33H2,1-6H3/t35-,37-,38+,39?,40+,41+,43-,44+/m1/s1. The Morgan fingerprint density at radius 2 is 1.40 bits per heavy atom. The topological polar surface area (TPSA) is 35.5 Å². The Morgan fingerprint density at radius 1 is 0.766 bits per heavy atom. The minimum Gasteiger partial charge on any atom is -0.434 e. The second kappa shape index (κ2) is 19.4. The summed E-state index contributed by atoms with van der Waals surface area (Å²) in [6.07, 6.45) is 35.1. The summed E-state index contributed by atoms with van der Waals surface area (Å²) in [5, 5.41) is 0. The van der Waals surface area contributed by atoms with Gasteiger partial charge in [0.1, 0.15) is 6.10 Å². The van der Waals surface area contributed by atoms with E-state index >= 15 is 0 Å². The number of fused-ring (bicyclic) bond motifs is 5. The maximum atomic E-state index is 12.6. The van der Waals surface area contributed by atoms with Gasteiger partial charge in [-0.2, -0.15) is 0 Å². The molecular weight excluding hydrogens is 576 g/mol. The van der Waals surface area contributed by atoms with E-state index in [0.717, 1.165) is 67.6 Å². The van der Waals surface area contributed by atoms with Crippen LogP contribution in [0.5, 0.6) is 0 Å².